The summed E-state index contributed by atoms with van der Waals surface area (Å²) in [5.74, 6) is 0. The van der Waals surface area contributed by atoms with Crippen LogP contribution in [0.3, 0.4) is 0 Å². The van der Waals surface area contributed by atoms with Crippen LogP contribution in [0.4, 0.5) is 0 Å². The maximum absolute atomic E-state index is 9.99. The predicted molar refractivity (Wildman–Crippen MR) is 83.0 cm³/mol. The summed E-state index contributed by atoms with van der Waals surface area (Å²) in [4.78, 5) is 4.43. The zero-order chi connectivity index (χ0) is 14.8. The van der Waals surface area contributed by atoms with Crippen LogP contribution in [0.25, 0.3) is 5.65 Å². The molecular formula is C15H16BrN3O2. The molecule has 0 saturated heterocycles. The lowest BCUT2D eigenvalue weighted by Crippen LogP contribution is -2.21. The van der Waals surface area contributed by atoms with E-state index in [1.165, 1.54) is 0 Å². The van der Waals surface area contributed by atoms with E-state index in [1.54, 1.807) is 18.6 Å². The molecule has 0 aliphatic heterocycles. The highest BCUT2D eigenvalue weighted by atomic mass is 79.9. The topological polar surface area (TPSA) is 62.7 Å². The second-order valence-electron chi connectivity index (χ2n) is 4.99. The van der Waals surface area contributed by atoms with Gasteiger partial charge in [-0.25, -0.2) is 4.98 Å². The van der Waals surface area contributed by atoms with Crippen molar-refractivity contribution in [3.8, 4) is 0 Å². The second-order valence-corrected chi connectivity index (χ2v) is 5.90. The number of rotatable bonds is 5. The summed E-state index contributed by atoms with van der Waals surface area (Å²) >= 11 is 3.50. The number of furan rings is 1. The van der Waals surface area contributed by atoms with Crippen LogP contribution in [0.5, 0.6) is 0 Å². The largest absolute Gasteiger partial charge is 0.472 e. The average molecular weight is 350 g/mol. The minimum Gasteiger partial charge on any atom is -0.472 e. The maximum Gasteiger partial charge on any atom is 0.139 e. The summed E-state index contributed by atoms with van der Waals surface area (Å²) in [5.41, 5.74) is 3.90. The Bertz CT molecular complexity index is 737. The third-order valence-corrected chi connectivity index (χ3v) is 3.84. The number of hydrogen-bond acceptors (Lipinski definition) is 4. The van der Waals surface area contributed by atoms with Crippen molar-refractivity contribution in [2.45, 2.75) is 19.6 Å². The Balaban J connectivity index is 1.68. The lowest BCUT2D eigenvalue weighted by atomic mass is 10.2. The molecule has 0 aromatic carbocycles. The van der Waals surface area contributed by atoms with E-state index in [9.17, 15) is 5.11 Å². The smallest absolute Gasteiger partial charge is 0.139 e. The number of imidazole rings is 1. The fraction of sp³-hybridized carbons (Fsp3) is 0.267. The van der Waals surface area contributed by atoms with Crippen molar-refractivity contribution in [2.75, 3.05) is 6.54 Å². The lowest BCUT2D eigenvalue weighted by molar-refractivity contribution is 0.173. The van der Waals surface area contributed by atoms with Gasteiger partial charge >= 0.3 is 0 Å². The first-order valence-corrected chi connectivity index (χ1v) is 7.47. The molecule has 0 bridgehead atoms. The first-order valence-electron chi connectivity index (χ1n) is 6.68. The van der Waals surface area contributed by atoms with Gasteiger partial charge in [0.05, 0.1) is 30.5 Å². The predicted octanol–water partition coefficient (Wildman–Crippen LogP) is 2.82. The van der Waals surface area contributed by atoms with Gasteiger partial charge in [0, 0.05) is 29.3 Å². The minimum atomic E-state index is -0.573. The molecule has 6 heteroatoms. The first-order chi connectivity index (χ1) is 10.1. The molecule has 5 nitrogen and oxygen atoms in total. The van der Waals surface area contributed by atoms with Crippen LogP contribution in [0.2, 0.25) is 0 Å². The van der Waals surface area contributed by atoms with E-state index in [0.29, 0.717) is 13.1 Å². The Labute approximate surface area is 130 Å². The molecule has 21 heavy (non-hydrogen) atoms. The molecule has 0 aliphatic carbocycles. The van der Waals surface area contributed by atoms with Crippen LogP contribution in [-0.4, -0.2) is 21.0 Å². The van der Waals surface area contributed by atoms with Gasteiger partial charge in [0.25, 0.3) is 0 Å². The Kier molecular flexibility index (Phi) is 4.10. The standard InChI is InChI=1S/C15H16BrN3O2/c1-10-4-12(16)8-19-13(6-18-15(10)19)5-17-7-14(20)11-2-3-21-9-11/h2-4,6,8-9,14,17,20H,5,7H2,1H3. The summed E-state index contributed by atoms with van der Waals surface area (Å²) in [5, 5.41) is 13.2. The van der Waals surface area contributed by atoms with Gasteiger partial charge in [0.15, 0.2) is 0 Å². The van der Waals surface area contributed by atoms with Crippen molar-refractivity contribution in [2.24, 2.45) is 0 Å². The van der Waals surface area contributed by atoms with E-state index in [-0.39, 0.29) is 0 Å². The summed E-state index contributed by atoms with van der Waals surface area (Å²) in [6, 6.07) is 3.81. The van der Waals surface area contributed by atoms with Crippen LogP contribution < -0.4 is 5.32 Å². The van der Waals surface area contributed by atoms with Crippen molar-refractivity contribution < 1.29 is 9.52 Å². The Morgan fingerprint density at radius 1 is 1.52 bits per heavy atom. The van der Waals surface area contributed by atoms with Crippen LogP contribution >= 0.6 is 15.9 Å². The zero-order valence-corrected chi connectivity index (χ0v) is 13.2. The van der Waals surface area contributed by atoms with Crippen molar-refractivity contribution in [1.82, 2.24) is 14.7 Å². The number of hydrogen-bond donors (Lipinski definition) is 2. The number of aliphatic hydroxyl groups excluding tert-OH is 1. The molecule has 3 heterocycles. The number of fused-ring (bicyclic) bond motifs is 1. The Hall–Kier alpha value is -1.63. The number of aryl methyl sites for hydroxylation is 1. The lowest BCUT2D eigenvalue weighted by Gasteiger charge is -2.10. The van der Waals surface area contributed by atoms with E-state index in [1.807, 2.05) is 25.4 Å². The van der Waals surface area contributed by atoms with Gasteiger partial charge in [0.2, 0.25) is 0 Å². The van der Waals surface area contributed by atoms with Gasteiger partial charge in [-0.2, -0.15) is 0 Å². The number of aliphatic hydroxyl groups is 1. The zero-order valence-electron chi connectivity index (χ0n) is 11.6. The quantitative estimate of drug-likeness (QED) is 0.743. The molecule has 0 aliphatic rings. The first kappa shape index (κ1) is 14.3. The number of halogens is 1. The van der Waals surface area contributed by atoms with Crippen LogP contribution in [-0.2, 0) is 6.54 Å². The van der Waals surface area contributed by atoms with Crippen LogP contribution in [0, 0.1) is 6.92 Å². The van der Waals surface area contributed by atoms with E-state index in [0.717, 1.165) is 26.9 Å². The number of nitrogens with zero attached hydrogens (tertiary/aromatic N) is 2. The Morgan fingerprint density at radius 3 is 3.14 bits per heavy atom. The molecule has 0 radical (unpaired) electrons. The van der Waals surface area contributed by atoms with Gasteiger partial charge in [-0.05, 0) is 40.5 Å². The van der Waals surface area contributed by atoms with Gasteiger partial charge in [-0.1, -0.05) is 0 Å². The van der Waals surface area contributed by atoms with Gasteiger partial charge in [-0.15, -0.1) is 0 Å². The van der Waals surface area contributed by atoms with Crippen molar-refractivity contribution in [1.29, 1.82) is 0 Å². The summed E-state index contributed by atoms with van der Waals surface area (Å²) < 4.78 is 8.04. The van der Waals surface area contributed by atoms with Crippen molar-refractivity contribution in [3.63, 3.8) is 0 Å². The fourth-order valence-corrected chi connectivity index (χ4v) is 2.86. The van der Waals surface area contributed by atoms with Gasteiger partial charge in [-0.3, -0.25) is 0 Å². The SMILES string of the molecule is Cc1cc(Br)cn2c(CNCC(O)c3ccoc3)cnc12. The molecule has 3 aromatic heterocycles. The van der Waals surface area contributed by atoms with Gasteiger partial charge < -0.3 is 19.2 Å². The average Bonchev–Trinajstić information content (AvgIpc) is 3.08. The van der Waals surface area contributed by atoms with E-state index >= 15 is 0 Å². The molecule has 1 atom stereocenters. The van der Waals surface area contributed by atoms with E-state index < -0.39 is 6.10 Å². The van der Waals surface area contributed by atoms with Crippen molar-refractivity contribution >= 4 is 21.6 Å². The summed E-state index contributed by atoms with van der Waals surface area (Å²) in [6.45, 7) is 3.12. The van der Waals surface area contributed by atoms with E-state index in [4.69, 9.17) is 4.42 Å². The van der Waals surface area contributed by atoms with Crippen molar-refractivity contribution in [3.05, 3.63) is 58.3 Å². The number of nitrogens with one attached hydrogen (secondary N) is 1. The molecule has 0 fully saturated rings. The third kappa shape index (κ3) is 3.02. The van der Waals surface area contributed by atoms with E-state index in [2.05, 4.69) is 30.6 Å². The molecule has 3 aromatic rings. The Morgan fingerprint density at radius 2 is 2.38 bits per heavy atom. The normalized spacial score (nSPS) is 12.9. The number of pyridine rings is 1. The molecule has 0 spiro atoms. The maximum atomic E-state index is 9.99. The highest BCUT2D eigenvalue weighted by Gasteiger charge is 2.10. The molecule has 0 saturated carbocycles. The summed E-state index contributed by atoms with van der Waals surface area (Å²) in [6.07, 6.45) is 6.39. The summed E-state index contributed by atoms with van der Waals surface area (Å²) in [7, 11) is 0. The van der Waals surface area contributed by atoms with Gasteiger partial charge in [0.1, 0.15) is 5.65 Å². The minimum absolute atomic E-state index is 0.458. The molecule has 110 valence electrons. The van der Waals surface area contributed by atoms with Crippen LogP contribution in [0.15, 0.2) is 45.9 Å². The monoisotopic (exact) mass is 349 g/mol. The highest BCUT2D eigenvalue weighted by Crippen LogP contribution is 2.18. The molecule has 2 N–H and O–H groups in total. The molecule has 3 rings (SSSR count). The third-order valence-electron chi connectivity index (χ3n) is 3.40. The highest BCUT2D eigenvalue weighted by molar-refractivity contribution is 9.10. The fourth-order valence-electron chi connectivity index (χ4n) is 2.31. The molecule has 1 unspecified atom stereocenters. The van der Waals surface area contributed by atoms with Crippen LogP contribution in [0.1, 0.15) is 22.9 Å². The molecular weight excluding hydrogens is 334 g/mol. The molecule has 0 amide bonds. The second kappa shape index (κ2) is 6.01. The number of aromatic nitrogens is 2.